The second-order valence-corrected chi connectivity index (χ2v) is 4.14. The fourth-order valence-corrected chi connectivity index (χ4v) is 1.85. The zero-order valence-corrected chi connectivity index (χ0v) is 11.3. The van der Waals surface area contributed by atoms with Crippen molar-refractivity contribution in [1.29, 1.82) is 0 Å². The first-order valence-corrected chi connectivity index (χ1v) is 6.16. The molecule has 0 aliphatic carbocycles. The monoisotopic (exact) mass is 287 g/mol. The van der Waals surface area contributed by atoms with E-state index in [1.165, 1.54) is 4.90 Å². The normalized spacial score (nSPS) is 10.1. The number of nitrogens with two attached hydrogens (primary N) is 1. The number of hydrogen-bond acceptors (Lipinski definition) is 6. The van der Waals surface area contributed by atoms with Crippen LogP contribution in [0.1, 0.15) is 17.3 Å². The molecule has 0 fully saturated rings. The fraction of sp³-hybridized carbons (Fsp3) is 0.154. The predicted octanol–water partition coefficient (Wildman–Crippen LogP) is 1.63. The van der Waals surface area contributed by atoms with Crippen LogP contribution in [-0.2, 0) is 0 Å². The van der Waals surface area contributed by atoms with Crippen molar-refractivity contribution in [1.82, 2.24) is 9.97 Å². The molecule has 2 heterocycles. The van der Waals surface area contributed by atoms with Gasteiger partial charge in [0.25, 0.3) is 11.6 Å². The first kappa shape index (κ1) is 14.4. The van der Waals surface area contributed by atoms with Crippen molar-refractivity contribution < 1.29 is 9.72 Å². The van der Waals surface area contributed by atoms with Crippen molar-refractivity contribution >= 4 is 23.1 Å². The minimum Gasteiger partial charge on any atom is -0.383 e. The molecule has 8 nitrogen and oxygen atoms in total. The van der Waals surface area contributed by atoms with E-state index in [1.54, 1.807) is 31.5 Å². The Morgan fingerprint density at radius 3 is 2.67 bits per heavy atom. The molecule has 0 atom stereocenters. The van der Waals surface area contributed by atoms with Gasteiger partial charge in [-0.05, 0) is 19.1 Å². The third-order valence-electron chi connectivity index (χ3n) is 2.88. The first-order valence-electron chi connectivity index (χ1n) is 6.16. The highest BCUT2D eigenvalue weighted by Crippen LogP contribution is 2.21. The molecule has 21 heavy (non-hydrogen) atoms. The molecule has 0 saturated carbocycles. The molecule has 2 N–H and O–H groups in total. The van der Waals surface area contributed by atoms with Crippen LogP contribution in [-0.4, -0.2) is 27.3 Å². The maximum atomic E-state index is 12.5. The summed E-state index contributed by atoms with van der Waals surface area (Å²) in [7, 11) is 0. The third kappa shape index (κ3) is 2.94. The van der Waals surface area contributed by atoms with Crippen LogP contribution in [0.25, 0.3) is 0 Å². The zero-order valence-electron chi connectivity index (χ0n) is 11.3. The van der Waals surface area contributed by atoms with Crippen LogP contribution < -0.4 is 10.6 Å². The Balaban J connectivity index is 2.43. The van der Waals surface area contributed by atoms with E-state index >= 15 is 0 Å². The molecule has 0 aliphatic rings. The molecule has 2 aromatic heterocycles. The van der Waals surface area contributed by atoms with Crippen LogP contribution in [0, 0.1) is 10.1 Å². The Hall–Kier alpha value is -3.03. The van der Waals surface area contributed by atoms with Gasteiger partial charge in [-0.1, -0.05) is 0 Å². The number of rotatable bonds is 4. The Morgan fingerprint density at radius 1 is 1.43 bits per heavy atom. The highest BCUT2D eigenvalue weighted by molar-refractivity contribution is 6.09. The van der Waals surface area contributed by atoms with Gasteiger partial charge in [0.2, 0.25) is 0 Å². The lowest BCUT2D eigenvalue weighted by molar-refractivity contribution is -0.385. The van der Waals surface area contributed by atoms with E-state index in [0.29, 0.717) is 12.2 Å². The number of carbonyl (C=O) groups is 1. The molecule has 2 aromatic rings. The lowest BCUT2D eigenvalue weighted by Crippen LogP contribution is -2.31. The summed E-state index contributed by atoms with van der Waals surface area (Å²) in [5.41, 5.74) is 6.02. The molecule has 1 amide bonds. The van der Waals surface area contributed by atoms with Crippen molar-refractivity contribution in [3.8, 4) is 0 Å². The molecule has 108 valence electrons. The Bertz CT molecular complexity index is 675. The van der Waals surface area contributed by atoms with E-state index in [2.05, 4.69) is 9.97 Å². The van der Waals surface area contributed by atoms with Crippen molar-refractivity contribution in [3.05, 3.63) is 52.5 Å². The first-order chi connectivity index (χ1) is 10.0. The van der Waals surface area contributed by atoms with E-state index in [0.717, 1.165) is 12.3 Å². The van der Waals surface area contributed by atoms with Gasteiger partial charge in [-0.3, -0.25) is 19.9 Å². The molecule has 0 unspecified atom stereocenters. The number of amides is 1. The summed E-state index contributed by atoms with van der Waals surface area (Å²) in [4.78, 5) is 31.7. The highest BCUT2D eigenvalue weighted by atomic mass is 16.6. The van der Waals surface area contributed by atoms with E-state index in [4.69, 9.17) is 5.73 Å². The molecule has 0 bridgehead atoms. The summed E-state index contributed by atoms with van der Waals surface area (Å²) in [6, 6.07) is 4.47. The van der Waals surface area contributed by atoms with Gasteiger partial charge in [0.1, 0.15) is 12.0 Å². The SMILES string of the molecule is CCN(C(=O)c1cc([N+](=O)[O-])cnc1N)c1ccncc1. The van der Waals surface area contributed by atoms with Gasteiger partial charge >= 0.3 is 0 Å². The fourth-order valence-electron chi connectivity index (χ4n) is 1.85. The Kier molecular flexibility index (Phi) is 4.07. The lowest BCUT2D eigenvalue weighted by atomic mass is 10.2. The van der Waals surface area contributed by atoms with Crippen molar-refractivity contribution in [3.63, 3.8) is 0 Å². The smallest absolute Gasteiger partial charge is 0.288 e. The van der Waals surface area contributed by atoms with Crippen LogP contribution in [0.4, 0.5) is 17.2 Å². The van der Waals surface area contributed by atoms with Crippen molar-refractivity contribution in [2.45, 2.75) is 6.92 Å². The second-order valence-electron chi connectivity index (χ2n) is 4.14. The van der Waals surface area contributed by atoms with Crippen molar-refractivity contribution in [2.24, 2.45) is 0 Å². The summed E-state index contributed by atoms with van der Waals surface area (Å²) >= 11 is 0. The molecule has 0 aromatic carbocycles. The Morgan fingerprint density at radius 2 is 2.10 bits per heavy atom. The highest BCUT2D eigenvalue weighted by Gasteiger charge is 2.22. The van der Waals surface area contributed by atoms with E-state index in [-0.39, 0.29) is 17.1 Å². The molecule has 8 heteroatoms. The second kappa shape index (κ2) is 5.95. The number of carbonyl (C=O) groups excluding carboxylic acids is 1. The van der Waals surface area contributed by atoms with Gasteiger partial charge in [0.05, 0.1) is 10.5 Å². The lowest BCUT2D eigenvalue weighted by Gasteiger charge is -2.21. The number of nitrogens with zero attached hydrogens (tertiary/aromatic N) is 4. The van der Waals surface area contributed by atoms with Gasteiger partial charge < -0.3 is 10.6 Å². The quantitative estimate of drug-likeness (QED) is 0.675. The number of anilines is 2. The number of hydrogen-bond donors (Lipinski definition) is 1. The average molecular weight is 287 g/mol. The third-order valence-corrected chi connectivity index (χ3v) is 2.88. The summed E-state index contributed by atoms with van der Waals surface area (Å²) in [6.07, 6.45) is 4.13. The maximum absolute atomic E-state index is 12.5. The average Bonchev–Trinajstić information content (AvgIpc) is 2.49. The van der Waals surface area contributed by atoms with Crippen LogP contribution in [0.15, 0.2) is 36.8 Å². The van der Waals surface area contributed by atoms with Crippen LogP contribution >= 0.6 is 0 Å². The maximum Gasteiger partial charge on any atom is 0.288 e. The molecule has 0 saturated heterocycles. The van der Waals surface area contributed by atoms with E-state index in [9.17, 15) is 14.9 Å². The molecular weight excluding hydrogens is 274 g/mol. The van der Waals surface area contributed by atoms with Gasteiger partial charge in [-0.25, -0.2) is 4.98 Å². The minimum absolute atomic E-state index is 0.00265. The van der Waals surface area contributed by atoms with Crippen LogP contribution in [0.2, 0.25) is 0 Å². The molecule has 0 radical (unpaired) electrons. The number of nitrogen functional groups attached to an aromatic ring is 1. The summed E-state index contributed by atoms with van der Waals surface area (Å²) in [5.74, 6) is -0.490. The van der Waals surface area contributed by atoms with Gasteiger partial charge in [-0.2, -0.15) is 0 Å². The zero-order chi connectivity index (χ0) is 15.4. The number of nitro groups is 1. The van der Waals surface area contributed by atoms with E-state index in [1.807, 2.05) is 0 Å². The minimum atomic E-state index is -0.619. The van der Waals surface area contributed by atoms with Gasteiger partial charge in [0.15, 0.2) is 0 Å². The Labute approximate surface area is 120 Å². The number of pyridine rings is 2. The molecule has 2 rings (SSSR count). The van der Waals surface area contributed by atoms with E-state index < -0.39 is 10.8 Å². The summed E-state index contributed by atoms with van der Waals surface area (Å²) in [6.45, 7) is 2.17. The van der Waals surface area contributed by atoms with Crippen molar-refractivity contribution in [2.75, 3.05) is 17.2 Å². The van der Waals surface area contributed by atoms with Crippen LogP contribution in [0.3, 0.4) is 0 Å². The molecule has 0 aliphatic heterocycles. The largest absolute Gasteiger partial charge is 0.383 e. The topological polar surface area (TPSA) is 115 Å². The van der Waals surface area contributed by atoms with Gasteiger partial charge in [-0.15, -0.1) is 0 Å². The van der Waals surface area contributed by atoms with Gasteiger partial charge in [0, 0.05) is 30.7 Å². The molecule has 0 spiro atoms. The standard InChI is InChI=1S/C13H13N5O3/c1-2-17(9-3-5-15-6-4-9)13(19)11-7-10(18(20)21)8-16-12(11)14/h3-8H,2H2,1H3,(H2,14,16). The number of aromatic nitrogens is 2. The predicted molar refractivity (Wildman–Crippen MR) is 76.9 cm³/mol. The molecular formula is C13H13N5O3. The summed E-state index contributed by atoms with van der Waals surface area (Å²) < 4.78 is 0. The van der Waals surface area contributed by atoms with Crippen LogP contribution in [0.5, 0.6) is 0 Å². The summed E-state index contributed by atoms with van der Waals surface area (Å²) in [5, 5.41) is 10.8.